The van der Waals surface area contributed by atoms with Crippen molar-refractivity contribution < 1.29 is 14.3 Å². The second-order valence-electron chi connectivity index (χ2n) is 6.70. The van der Waals surface area contributed by atoms with Crippen LogP contribution in [0.5, 0.6) is 5.75 Å². The van der Waals surface area contributed by atoms with E-state index in [0.717, 1.165) is 24.3 Å². The zero-order valence-electron chi connectivity index (χ0n) is 15.4. The number of amides is 1. The van der Waals surface area contributed by atoms with Gasteiger partial charge in [-0.3, -0.25) is 9.59 Å². The molecule has 3 rings (SSSR count). The molecule has 0 N–H and O–H groups in total. The smallest absolute Gasteiger partial charge is 0.267 e. The number of rotatable bonds is 4. The van der Waals surface area contributed by atoms with E-state index in [2.05, 4.69) is 18.0 Å². The van der Waals surface area contributed by atoms with Gasteiger partial charge in [0.1, 0.15) is 5.75 Å². The molecule has 5 heteroatoms. The van der Waals surface area contributed by atoms with Gasteiger partial charge in [0.2, 0.25) is 0 Å². The van der Waals surface area contributed by atoms with E-state index in [9.17, 15) is 9.59 Å². The Morgan fingerprint density at radius 3 is 2.62 bits per heavy atom. The number of nitrogens with zero attached hydrogens (tertiary/aromatic N) is 2. The third-order valence-corrected chi connectivity index (χ3v) is 4.60. The maximum atomic E-state index is 13.1. The molecule has 0 radical (unpaired) electrons. The third-order valence-electron chi connectivity index (χ3n) is 4.60. The summed E-state index contributed by atoms with van der Waals surface area (Å²) in [6.07, 6.45) is -0.645. The fourth-order valence-electron chi connectivity index (χ4n) is 3.16. The molecule has 0 aliphatic carbocycles. The van der Waals surface area contributed by atoms with Crippen LogP contribution in [0.3, 0.4) is 0 Å². The Hall–Kier alpha value is -2.66. The van der Waals surface area contributed by atoms with Crippen LogP contribution in [0.1, 0.15) is 29.8 Å². The largest absolute Gasteiger partial charge is 0.481 e. The Bertz CT molecular complexity index is 818. The van der Waals surface area contributed by atoms with Crippen molar-refractivity contribution in [1.82, 2.24) is 4.90 Å². The van der Waals surface area contributed by atoms with Gasteiger partial charge in [-0.2, -0.15) is 0 Å². The molecular weight excluding hydrogens is 328 g/mol. The number of ether oxygens (including phenoxy) is 1. The summed E-state index contributed by atoms with van der Waals surface area (Å²) < 4.78 is 5.85. The average molecular weight is 352 g/mol. The SMILES string of the molecule is CC(=O)c1cccc(OC(C)C(=O)N2CCN(C)Cc3ccccc32)c1. The molecule has 1 heterocycles. The molecule has 1 atom stereocenters. The van der Waals surface area contributed by atoms with E-state index in [1.165, 1.54) is 6.92 Å². The normalized spacial score (nSPS) is 15.7. The number of hydrogen-bond donors (Lipinski definition) is 0. The Morgan fingerprint density at radius 1 is 1.08 bits per heavy atom. The first-order valence-electron chi connectivity index (χ1n) is 8.81. The molecule has 136 valence electrons. The summed E-state index contributed by atoms with van der Waals surface area (Å²) >= 11 is 0. The lowest BCUT2D eigenvalue weighted by Crippen LogP contribution is -2.42. The van der Waals surface area contributed by atoms with Gasteiger partial charge in [0.25, 0.3) is 5.91 Å². The van der Waals surface area contributed by atoms with Crippen molar-refractivity contribution in [3.63, 3.8) is 0 Å². The molecule has 5 nitrogen and oxygen atoms in total. The van der Waals surface area contributed by atoms with Gasteiger partial charge in [-0.05, 0) is 44.7 Å². The molecule has 26 heavy (non-hydrogen) atoms. The van der Waals surface area contributed by atoms with Crippen LogP contribution in [-0.2, 0) is 11.3 Å². The maximum Gasteiger partial charge on any atom is 0.267 e. The highest BCUT2D eigenvalue weighted by Crippen LogP contribution is 2.26. The standard InChI is InChI=1S/C21H24N2O3/c1-15(24)17-8-6-9-19(13-17)26-16(2)21(25)23-12-11-22(3)14-18-7-4-5-10-20(18)23/h4-10,13,16H,11-12,14H2,1-3H3. The van der Waals surface area contributed by atoms with Gasteiger partial charge in [0.05, 0.1) is 0 Å². The lowest BCUT2D eigenvalue weighted by atomic mass is 10.1. The van der Waals surface area contributed by atoms with Crippen LogP contribution >= 0.6 is 0 Å². The quantitative estimate of drug-likeness (QED) is 0.793. The number of anilines is 1. The van der Waals surface area contributed by atoms with E-state index in [1.54, 1.807) is 36.1 Å². The fourth-order valence-corrected chi connectivity index (χ4v) is 3.16. The highest BCUT2D eigenvalue weighted by atomic mass is 16.5. The van der Waals surface area contributed by atoms with Crippen molar-refractivity contribution in [1.29, 1.82) is 0 Å². The summed E-state index contributed by atoms with van der Waals surface area (Å²) in [5.41, 5.74) is 2.64. The van der Waals surface area contributed by atoms with Crippen molar-refractivity contribution in [2.24, 2.45) is 0 Å². The van der Waals surface area contributed by atoms with Crippen molar-refractivity contribution >= 4 is 17.4 Å². The molecule has 2 aromatic rings. The first kappa shape index (κ1) is 18.1. The van der Waals surface area contributed by atoms with Crippen molar-refractivity contribution in [2.45, 2.75) is 26.5 Å². The molecule has 0 saturated carbocycles. The lowest BCUT2D eigenvalue weighted by molar-refractivity contribution is -0.124. The molecular formula is C21H24N2O3. The first-order chi connectivity index (χ1) is 12.5. The Kier molecular flexibility index (Phi) is 5.38. The van der Waals surface area contributed by atoms with E-state index in [4.69, 9.17) is 4.74 Å². The van der Waals surface area contributed by atoms with Crippen molar-refractivity contribution in [3.05, 3.63) is 59.7 Å². The van der Waals surface area contributed by atoms with E-state index in [0.29, 0.717) is 17.9 Å². The number of likely N-dealkylation sites (N-methyl/N-ethyl adjacent to an activating group) is 1. The minimum Gasteiger partial charge on any atom is -0.481 e. The number of hydrogen-bond acceptors (Lipinski definition) is 4. The summed E-state index contributed by atoms with van der Waals surface area (Å²) in [5, 5.41) is 0. The van der Waals surface area contributed by atoms with Gasteiger partial charge < -0.3 is 14.5 Å². The Labute approximate surface area is 154 Å². The number of para-hydroxylation sites is 1. The van der Waals surface area contributed by atoms with E-state index in [-0.39, 0.29) is 11.7 Å². The predicted octanol–water partition coefficient (Wildman–Crippen LogP) is 3.14. The van der Waals surface area contributed by atoms with Gasteiger partial charge in [0.15, 0.2) is 11.9 Å². The number of benzene rings is 2. The van der Waals surface area contributed by atoms with Gasteiger partial charge in [-0.15, -0.1) is 0 Å². The van der Waals surface area contributed by atoms with Gasteiger partial charge in [0, 0.05) is 30.9 Å². The zero-order chi connectivity index (χ0) is 18.7. The summed E-state index contributed by atoms with van der Waals surface area (Å²) in [5.74, 6) is 0.415. The molecule has 0 saturated heterocycles. The molecule has 0 spiro atoms. The van der Waals surface area contributed by atoms with Crippen LogP contribution in [0.2, 0.25) is 0 Å². The van der Waals surface area contributed by atoms with Gasteiger partial charge >= 0.3 is 0 Å². The van der Waals surface area contributed by atoms with Crippen LogP contribution in [0, 0.1) is 0 Å². The second kappa shape index (κ2) is 7.70. The molecule has 0 bridgehead atoms. The van der Waals surface area contributed by atoms with Gasteiger partial charge in [-0.1, -0.05) is 30.3 Å². The minimum absolute atomic E-state index is 0.0288. The number of Topliss-reactive ketones (excluding diaryl/α,β-unsaturated/α-hetero) is 1. The number of fused-ring (bicyclic) bond motifs is 1. The summed E-state index contributed by atoms with van der Waals surface area (Å²) in [7, 11) is 2.05. The second-order valence-corrected chi connectivity index (χ2v) is 6.70. The van der Waals surface area contributed by atoms with E-state index in [1.807, 2.05) is 18.2 Å². The Morgan fingerprint density at radius 2 is 1.85 bits per heavy atom. The minimum atomic E-state index is -0.645. The summed E-state index contributed by atoms with van der Waals surface area (Å²) in [4.78, 5) is 28.6. The van der Waals surface area contributed by atoms with Crippen molar-refractivity contribution in [3.8, 4) is 5.75 Å². The summed E-state index contributed by atoms with van der Waals surface area (Å²) in [6.45, 7) is 5.49. The predicted molar refractivity (Wildman–Crippen MR) is 102 cm³/mol. The van der Waals surface area contributed by atoms with Crippen LogP contribution in [0.4, 0.5) is 5.69 Å². The topological polar surface area (TPSA) is 49.9 Å². The van der Waals surface area contributed by atoms with Crippen LogP contribution in [0.25, 0.3) is 0 Å². The fraction of sp³-hybridized carbons (Fsp3) is 0.333. The number of carbonyl (C=O) groups is 2. The van der Waals surface area contributed by atoms with Gasteiger partial charge in [-0.25, -0.2) is 0 Å². The van der Waals surface area contributed by atoms with Crippen LogP contribution in [-0.4, -0.2) is 42.8 Å². The van der Waals surface area contributed by atoms with E-state index < -0.39 is 6.10 Å². The highest BCUT2D eigenvalue weighted by Gasteiger charge is 2.27. The average Bonchev–Trinajstić information content (AvgIpc) is 2.79. The molecule has 0 aromatic heterocycles. The van der Waals surface area contributed by atoms with Crippen LogP contribution < -0.4 is 9.64 Å². The molecule has 1 unspecified atom stereocenters. The Balaban J connectivity index is 1.80. The third kappa shape index (κ3) is 3.94. The monoisotopic (exact) mass is 352 g/mol. The highest BCUT2D eigenvalue weighted by molar-refractivity contribution is 5.97. The van der Waals surface area contributed by atoms with Crippen LogP contribution in [0.15, 0.2) is 48.5 Å². The number of ketones is 1. The summed E-state index contributed by atoms with van der Waals surface area (Å²) in [6, 6.07) is 14.9. The molecule has 2 aromatic carbocycles. The first-order valence-corrected chi connectivity index (χ1v) is 8.81. The lowest BCUT2D eigenvalue weighted by Gasteiger charge is -2.26. The molecule has 1 amide bonds. The van der Waals surface area contributed by atoms with Crippen molar-refractivity contribution in [2.75, 3.05) is 25.0 Å². The maximum absolute atomic E-state index is 13.1. The van der Waals surface area contributed by atoms with E-state index >= 15 is 0 Å². The zero-order valence-corrected chi connectivity index (χ0v) is 15.4. The number of carbonyl (C=O) groups excluding carboxylic acids is 2. The molecule has 0 fully saturated rings. The molecule has 1 aliphatic heterocycles. The molecule has 1 aliphatic rings.